The fraction of sp³-hybridized carbons (Fsp3) is 0.0769. The number of thiophene rings is 1. The molecule has 1 aromatic heterocycles. The highest BCUT2D eigenvalue weighted by Gasteiger charge is 2.14. The number of hydrogen-bond acceptors (Lipinski definition) is 4. The third-order valence-corrected chi connectivity index (χ3v) is 3.25. The normalized spacial score (nSPS) is 10.1. The summed E-state index contributed by atoms with van der Waals surface area (Å²) >= 11 is 1.30. The van der Waals surface area contributed by atoms with Gasteiger partial charge in [-0.15, -0.1) is 11.3 Å². The largest absolute Gasteiger partial charge is 0.368 e. The number of rotatable bonds is 5. The Kier molecular flexibility index (Phi) is 4.27. The number of nitrogens with two attached hydrogens (primary N) is 1. The molecule has 2 amide bonds. The van der Waals surface area contributed by atoms with Gasteiger partial charge in [-0.2, -0.15) is 0 Å². The summed E-state index contributed by atoms with van der Waals surface area (Å²) in [4.78, 5) is 27.6. The molecule has 98 valence electrons. The molecule has 0 spiro atoms. The summed E-state index contributed by atoms with van der Waals surface area (Å²) < 4.78 is 0. The summed E-state index contributed by atoms with van der Waals surface area (Å²) in [6.45, 7) is -0.349. The number of carbonyl (C=O) groups is 2. The number of carbonyl (C=O) groups excluding carboxylic acids is 2. The lowest BCUT2D eigenvalue weighted by Gasteiger charge is -2.05. The van der Waals surface area contributed by atoms with Gasteiger partial charge < -0.3 is 5.73 Å². The first kappa shape index (κ1) is 13.3. The third kappa shape index (κ3) is 3.40. The van der Waals surface area contributed by atoms with Crippen LogP contribution in [0.5, 0.6) is 0 Å². The first-order chi connectivity index (χ1) is 9.18. The summed E-state index contributed by atoms with van der Waals surface area (Å²) in [7, 11) is 0. The van der Waals surface area contributed by atoms with Crippen molar-refractivity contribution in [3.05, 3.63) is 46.7 Å². The molecule has 3 N–H and O–H groups in total. The van der Waals surface area contributed by atoms with Crippen molar-refractivity contribution < 1.29 is 14.4 Å². The van der Waals surface area contributed by atoms with Gasteiger partial charge in [-0.05, 0) is 17.0 Å². The molecular formula is C13H12N2O3S. The number of primary amides is 1. The van der Waals surface area contributed by atoms with E-state index >= 15 is 0 Å². The molecule has 1 aromatic carbocycles. The molecule has 0 saturated carbocycles. The molecule has 6 heteroatoms. The molecule has 0 unspecified atom stereocenters. The van der Waals surface area contributed by atoms with Crippen LogP contribution in [0.3, 0.4) is 0 Å². The maximum absolute atomic E-state index is 11.9. The Bertz CT molecular complexity index is 581. The summed E-state index contributed by atoms with van der Waals surface area (Å²) in [5.74, 6) is -1.04. The van der Waals surface area contributed by atoms with E-state index in [4.69, 9.17) is 10.6 Å². The molecule has 0 aliphatic rings. The molecule has 19 heavy (non-hydrogen) atoms. The van der Waals surface area contributed by atoms with Crippen molar-refractivity contribution in [2.45, 2.75) is 0 Å². The lowest BCUT2D eigenvalue weighted by atomic mass is 10.1. The van der Waals surface area contributed by atoms with Gasteiger partial charge in [-0.3, -0.25) is 14.4 Å². The van der Waals surface area contributed by atoms with Crippen LogP contribution in [-0.2, 0) is 9.63 Å². The highest BCUT2D eigenvalue weighted by molar-refractivity contribution is 7.12. The monoisotopic (exact) mass is 276 g/mol. The molecule has 0 atom stereocenters. The molecule has 2 aromatic rings. The molecule has 0 aliphatic heterocycles. The molecule has 0 fully saturated rings. The molecule has 0 aliphatic carbocycles. The van der Waals surface area contributed by atoms with Crippen molar-refractivity contribution in [2.24, 2.45) is 5.73 Å². The zero-order valence-electron chi connectivity index (χ0n) is 9.96. The van der Waals surface area contributed by atoms with E-state index in [-0.39, 0.29) is 6.61 Å². The van der Waals surface area contributed by atoms with Crippen LogP contribution in [0.1, 0.15) is 9.67 Å². The number of hydrogen-bond donors (Lipinski definition) is 2. The highest BCUT2D eigenvalue weighted by Crippen LogP contribution is 2.27. The van der Waals surface area contributed by atoms with Crippen LogP contribution in [0.15, 0.2) is 41.8 Å². The highest BCUT2D eigenvalue weighted by atomic mass is 32.1. The summed E-state index contributed by atoms with van der Waals surface area (Å²) in [6.07, 6.45) is 0. The van der Waals surface area contributed by atoms with Gasteiger partial charge in [0.2, 0.25) is 5.91 Å². The van der Waals surface area contributed by atoms with E-state index in [1.165, 1.54) is 11.3 Å². The lowest BCUT2D eigenvalue weighted by molar-refractivity contribution is -0.124. The number of amides is 2. The third-order valence-electron chi connectivity index (χ3n) is 2.34. The lowest BCUT2D eigenvalue weighted by Crippen LogP contribution is -2.29. The Balaban J connectivity index is 2.11. The molecule has 2 rings (SSSR count). The molecule has 5 nitrogen and oxygen atoms in total. The van der Waals surface area contributed by atoms with Crippen LogP contribution in [0.4, 0.5) is 0 Å². The zero-order valence-corrected chi connectivity index (χ0v) is 10.8. The SMILES string of the molecule is NC(=O)CONC(=O)c1sccc1-c1ccccc1. The Hall–Kier alpha value is -2.18. The van der Waals surface area contributed by atoms with Crippen LogP contribution < -0.4 is 11.2 Å². The smallest absolute Gasteiger partial charge is 0.285 e. The van der Waals surface area contributed by atoms with Crippen LogP contribution in [-0.4, -0.2) is 18.4 Å². The maximum atomic E-state index is 11.9. The van der Waals surface area contributed by atoms with Gasteiger partial charge in [-0.25, -0.2) is 5.48 Å². The predicted octanol–water partition coefficient (Wildman–Crippen LogP) is 1.56. The number of nitrogens with one attached hydrogen (secondary N) is 1. The van der Waals surface area contributed by atoms with Gasteiger partial charge in [0.15, 0.2) is 6.61 Å². The maximum Gasteiger partial charge on any atom is 0.285 e. The Morgan fingerprint density at radius 2 is 1.95 bits per heavy atom. The van der Waals surface area contributed by atoms with Gasteiger partial charge in [-0.1, -0.05) is 30.3 Å². The molecule has 0 bridgehead atoms. The molecule has 0 saturated heterocycles. The van der Waals surface area contributed by atoms with E-state index in [1.54, 1.807) is 0 Å². The van der Waals surface area contributed by atoms with Crippen molar-refractivity contribution in [3.8, 4) is 11.1 Å². The minimum Gasteiger partial charge on any atom is -0.368 e. The van der Waals surface area contributed by atoms with Crippen molar-refractivity contribution in [2.75, 3.05) is 6.61 Å². The standard InChI is InChI=1S/C13H12N2O3S/c14-11(16)8-18-15-13(17)12-10(6-7-19-12)9-4-2-1-3-5-9/h1-7H,8H2,(H2,14,16)(H,15,17). The van der Waals surface area contributed by atoms with Gasteiger partial charge in [0.05, 0.1) is 0 Å². The van der Waals surface area contributed by atoms with E-state index in [2.05, 4.69) is 5.48 Å². The van der Waals surface area contributed by atoms with Gasteiger partial charge in [0.25, 0.3) is 5.91 Å². The van der Waals surface area contributed by atoms with Crippen molar-refractivity contribution in [1.82, 2.24) is 5.48 Å². The van der Waals surface area contributed by atoms with Crippen LogP contribution >= 0.6 is 11.3 Å². The van der Waals surface area contributed by atoms with Crippen LogP contribution in [0.2, 0.25) is 0 Å². The predicted molar refractivity (Wildman–Crippen MR) is 72.4 cm³/mol. The average Bonchev–Trinajstić information content (AvgIpc) is 2.88. The number of hydroxylamine groups is 1. The van der Waals surface area contributed by atoms with Gasteiger partial charge in [0.1, 0.15) is 4.88 Å². The van der Waals surface area contributed by atoms with E-state index < -0.39 is 11.8 Å². The fourth-order valence-corrected chi connectivity index (χ4v) is 2.35. The topological polar surface area (TPSA) is 81.4 Å². The number of benzene rings is 1. The first-order valence-corrected chi connectivity index (χ1v) is 6.40. The second kappa shape index (κ2) is 6.12. The van der Waals surface area contributed by atoms with Crippen molar-refractivity contribution in [1.29, 1.82) is 0 Å². The molecular weight excluding hydrogens is 264 g/mol. The van der Waals surface area contributed by atoms with Crippen molar-refractivity contribution >= 4 is 23.2 Å². The van der Waals surface area contributed by atoms with E-state index in [9.17, 15) is 9.59 Å². The molecule has 1 heterocycles. The summed E-state index contributed by atoms with van der Waals surface area (Å²) in [5.41, 5.74) is 8.88. The first-order valence-electron chi connectivity index (χ1n) is 5.52. The van der Waals surface area contributed by atoms with E-state index in [0.29, 0.717) is 4.88 Å². The average molecular weight is 276 g/mol. The summed E-state index contributed by atoms with van der Waals surface area (Å²) in [5, 5.41) is 1.82. The quantitative estimate of drug-likeness (QED) is 0.813. The Morgan fingerprint density at radius 1 is 1.21 bits per heavy atom. The minimum absolute atomic E-state index is 0.349. The van der Waals surface area contributed by atoms with Crippen LogP contribution in [0.25, 0.3) is 11.1 Å². The van der Waals surface area contributed by atoms with Crippen molar-refractivity contribution in [3.63, 3.8) is 0 Å². The fourth-order valence-electron chi connectivity index (χ4n) is 1.55. The Labute approximate surface area is 114 Å². The van der Waals surface area contributed by atoms with E-state index in [1.807, 2.05) is 41.8 Å². The van der Waals surface area contributed by atoms with Crippen LogP contribution in [0, 0.1) is 0 Å². The van der Waals surface area contributed by atoms with E-state index in [0.717, 1.165) is 11.1 Å². The van der Waals surface area contributed by atoms with Gasteiger partial charge >= 0.3 is 0 Å². The Morgan fingerprint density at radius 3 is 2.63 bits per heavy atom. The molecule has 0 radical (unpaired) electrons. The second-order valence-corrected chi connectivity index (χ2v) is 4.63. The minimum atomic E-state index is -0.644. The van der Waals surface area contributed by atoms with Gasteiger partial charge in [0, 0.05) is 5.56 Å². The zero-order chi connectivity index (χ0) is 13.7. The second-order valence-electron chi connectivity index (χ2n) is 3.72. The summed E-state index contributed by atoms with van der Waals surface area (Å²) in [6, 6.07) is 11.4.